The molecule has 0 atom stereocenters. The van der Waals surface area contributed by atoms with Crippen molar-refractivity contribution in [3.05, 3.63) is 72.7 Å². The maximum absolute atomic E-state index is 12.9. The first kappa shape index (κ1) is 17.6. The van der Waals surface area contributed by atoms with Gasteiger partial charge in [0.05, 0.1) is 30.7 Å². The molecule has 128 valence electrons. The summed E-state index contributed by atoms with van der Waals surface area (Å²) in [6.07, 6.45) is 1.63. The van der Waals surface area contributed by atoms with Gasteiger partial charge in [0.1, 0.15) is 5.76 Å². The van der Waals surface area contributed by atoms with E-state index in [0.29, 0.717) is 6.54 Å². The molecule has 1 aromatic heterocycles. The van der Waals surface area contributed by atoms with Crippen LogP contribution in [-0.2, 0) is 11.3 Å². The average Bonchev–Trinajstić information content (AvgIpc) is 3.13. The molecule has 0 spiro atoms. The minimum atomic E-state index is 0. The summed E-state index contributed by atoms with van der Waals surface area (Å²) >= 11 is 1.70. The van der Waals surface area contributed by atoms with Crippen molar-refractivity contribution in [2.45, 2.75) is 16.3 Å². The van der Waals surface area contributed by atoms with Crippen molar-refractivity contribution >= 4 is 41.5 Å². The SMILES string of the molecule is Cl.O=C(CNCc1ccco1)N1c2ccccc2Sc2ccccc21. The highest BCUT2D eigenvalue weighted by Gasteiger charge is 2.27. The lowest BCUT2D eigenvalue weighted by Crippen LogP contribution is -2.36. The van der Waals surface area contributed by atoms with Gasteiger partial charge >= 0.3 is 0 Å². The quantitative estimate of drug-likeness (QED) is 0.725. The van der Waals surface area contributed by atoms with Gasteiger partial charge in [-0.1, -0.05) is 36.0 Å². The topological polar surface area (TPSA) is 45.5 Å². The fraction of sp³-hybridized carbons (Fsp3) is 0.105. The number of nitrogens with one attached hydrogen (secondary N) is 1. The van der Waals surface area contributed by atoms with E-state index in [9.17, 15) is 4.79 Å². The molecule has 0 bridgehead atoms. The lowest BCUT2D eigenvalue weighted by molar-refractivity contribution is -0.117. The van der Waals surface area contributed by atoms with E-state index in [2.05, 4.69) is 5.32 Å². The highest BCUT2D eigenvalue weighted by atomic mass is 35.5. The van der Waals surface area contributed by atoms with E-state index >= 15 is 0 Å². The lowest BCUT2D eigenvalue weighted by Gasteiger charge is -2.31. The molecule has 2 aromatic carbocycles. The predicted octanol–water partition coefficient (Wildman–Crippen LogP) is 4.62. The Kier molecular flexibility index (Phi) is 5.48. The number of amides is 1. The number of furan rings is 1. The summed E-state index contributed by atoms with van der Waals surface area (Å²) in [5, 5.41) is 3.15. The van der Waals surface area contributed by atoms with E-state index in [1.165, 1.54) is 0 Å². The Hall–Kier alpha value is -2.21. The zero-order valence-corrected chi connectivity index (χ0v) is 15.0. The number of nitrogens with zero attached hydrogens (tertiary/aromatic N) is 1. The van der Waals surface area contributed by atoms with Crippen LogP contribution in [0, 0.1) is 0 Å². The van der Waals surface area contributed by atoms with E-state index in [1.54, 1.807) is 22.9 Å². The Bertz CT molecular complexity index is 822. The van der Waals surface area contributed by atoms with Crippen molar-refractivity contribution in [2.24, 2.45) is 0 Å². The van der Waals surface area contributed by atoms with Crippen LogP contribution in [0.1, 0.15) is 5.76 Å². The Morgan fingerprint density at radius 2 is 1.60 bits per heavy atom. The Morgan fingerprint density at radius 3 is 2.20 bits per heavy atom. The molecule has 4 rings (SSSR count). The number of hydrogen-bond acceptors (Lipinski definition) is 4. The van der Waals surface area contributed by atoms with Gasteiger partial charge in [-0.25, -0.2) is 0 Å². The molecule has 1 aliphatic heterocycles. The third-order valence-electron chi connectivity index (χ3n) is 3.84. The van der Waals surface area contributed by atoms with Crippen LogP contribution in [0.5, 0.6) is 0 Å². The number of carbonyl (C=O) groups is 1. The van der Waals surface area contributed by atoms with Gasteiger partial charge in [-0.05, 0) is 36.4 Å². The van der Waals surface area contributed by atoms with E-state index in [4.69, 9.17) is 4.42 Å². The predicted molar refractivity (Wildman–Crippen MR) is 102 cm³/mol. The van der Waals surface area contributed by atoms with Crippen molar-refractivity contribution in [1.82, 2.24) is 5.32 Å². The van der Waals surface area contributed by atoms with E-state index in [1.807, 2.05) is 60.7 Å². The van der Waals surface area contributed by atoms with Gasteiger partial charge in [0.15, 0.2) is 0 Å². The van der Waals surface area contributed by atoms with E-state index < -0.39 is 0 Å². The summed E-state index contributed by atoms with van der Waals surface area (Å²) in [7, 11) is 0. The largest absolute Gasteiger partial charge is 0.468 e. The first-order chi connectivity index (χ1) is 11.8. The molecule has 1 N–H and O–H groups in total. The number of anilines is 2. The van der Waals surface area contributed by atoms with Crippen LogP contribution in [0.2, 0.25) is 0 Å². The molecule has 3 aromatic rings. The second-order valence-corrected chi connectivity index (χ2v) is 6.53. The zero-order chi connectivity index (χ0) is 16.4. The van der Waals surface area contributed by atoms with Crippen molar-refractivity contribution < 1.29 is 9.21 Å². The summed E-state index contributed by atoms with van der Waals surface area (Å²) in [5.74, 6) is 0.833. The van der Waals surface area contributed by atoms with E-state index in [0.717, 1.165) is 26.9 Å². The van der Waals surface area contributed by atoms with Gasteiger partial charge in [-0.3, -0.25) is 9.69 Å². The molecule has 0 radical (unpaired) electrons. The smallest absolute Gasteiger partial charge is 0.245 e. The Labute approximate surface area is 156 Å². The summed E-state index contributed by atoms with van der Waals surface area (Å²) in [6, 6.07) is 19.7. The van der Waals surface area contributed by atoms with Gasteiger partial charge in [-0.15, -0.1) is 12.4 Å². The van der Waals surface area contributed by atoms with Crippen molar-refractivity contribution in [1.29, 1.82) is 0 Å². The summed E-state index contributed by atoms with van der Waals surface area (Å²) in [5.41, 5.74) is 1.87. The third-order valence-corrected chi connectivity index (χ3v) is 4.97. The molecule has 0 aliphatic carbocycles. The number of benzene rings is 2. The van der Waals surface area contributed by atoms with Gasteiger partial charge in [0.2, 0.25) is 5.91 Å². The van der Waals surface area contributed by atoms with Crippen molar-refractivity contribution in [2.75, 3.05) is 11.4 Å². The highest BCUT2D eigenvalue weighted by Crippen LogP contribution is 2.47. The maximum atomic E-state index is 12.9. The molecule has 0 saturated carbocycles. The summed E-state index contributed by atoms with van der Waals surface area (Å²) in [4.78, 5) is 16.9. The molecule has 6 heteroatoms. The van der Waals surface area contributed by atoms with Crippen LogP contribution in [0.15, 0.2) is 81.1 Å². The Morgan fingerprint density at radius 1 is 0.960 bits per heavy atom. The third kappa shape index (κ3) is 3.58. The first-order valence-corrected chi connectivity index (χ1v) is 8.56. The van der Waals surface area contributed by atoms with Crippen LogP contribution in [0.25, 0.3) is 0 Å². The van der Waals surface area contributed by atoms with Crippen molar-refractivity contribution in [3.63, 3.8) is 0 Å². The van der Waals surface area contributed by atoms with Crippen molar-refractivity contribution in [3.8, 4) is 0 Å². The van der Waals surface area contributed by atoms with Gasteiger partial charge < -0.3 is 9.73 Å². The highest BCUT2D eigenvalue weighted by molar-refractivity contribution is 7.99. The number of fused-ring (bicyclic) bond motifs is 2. The molecule has 2 heterocycles. The van der Waals surface area contributed by atoms with Crippen LogP contribution in [0.3, 0.4) is 0 Å². The molecule has 0 saturated heterocycles. The molecule has 25 heavy (non-hydrogen) atoms. The Balaban J connectivity index is 0.00000182. The molecular weight excluding hydrogens is 356 g/mol. The maximum Gasteiger partial charge on any atom is 0.245 e. The minimum absolute atomic E-state index is 0. The van der Waals surface area contributed by atoms with Crippen LogP contribution in [0.4, 0.5) is 11.4 Å². The summed E-state index contributed by atoms with van der Waals surface area (Å²) in [6.45, 7) is 0.776. The number of halogens is 1. The van der Waals surface area contributed by atoms with Crippen LogP contribution >= 0.6 is 24.2 Å². The minimum Gasteiger partial charge on any atom is -0.468 e. The monoisotopic (exact) mass is 372 g/mol. The second kappa shape index (κ2) is 7.78. The molecular formula is C19H17ClN2O2S. The van der Waals surface area contributed by atoms with E-state index in [-0.39, 0.29) is 24.9 Å². The molecule has 0 unspecified atom stereocenters. The standard InChI is InChI=1S/C19H16N2O2S.ClH/c22-19(13-20-12-14-6-5-11-23-14)21-15-7-1-3-9-17(15)24-18-10-4-2-8-16(18)21;/h1-11,20H,12-13H2;1H. The number of rotatable bonds is 4. The fourth-order valence-electron chi connectivity index (χ4n) is 2.76. The summed E-state index contributed by atoms with van der Waals surface area (Å²) < 4.78 is 5.28. The normalized spacial score (nSPS) is 12.1. The van der Waals surface area contributed by atoms with Gasteiger partial charge in [0.25, 0.3) is 0 Å². The van der Waals surface area contributed by atoms with Gasteiger partial charge in [0, 0.05) is 9.79 Å². The molecule has 0 fully saturated rings. The number of hydrogen-bond donors (Lipinski definition) is 1. The molecule has 1 amide bonds. The number of para-hydroxylation sites is 2. The fourth-order valence-corrected chi connectivity index (χ4v) is 3.82. The lowest BCUT2D eigenvalue weighted by atomic mass is 10.2. The van der Waals surface area contributed by atoms with Gasteiger partial charge in [-0.2, -0.15) is 0 Å². The average molecular weight is 373 g/mol. The zero-order valence-electron chi connectivity index (χ0n) is 13.3. The van der Waals surface area contributed by atoms with Crippen LogP contribution in [-0.4, -0.2) is 12.5 Å². The molecule has 4 nitrogen and oxygen atoms in total. The van der Waals surface area contributed by atoms with Crippen LogP contribution < -0.4 is 10.2 Å². The number of carbonyl (C=O) groups excluding carboxylic acids is 1. The molecule has 1 aliphatic rings. The second-order valence-electron chi connectivity index (χ2n) is 5.45. The first-order valence-electron chi connectivity index (χ1n) is 7.75.